The summed E-state index contributed by atoms with van der Waals surface area (Å²) in [6.07, 6.45) is 1.26. The molecule has 0 aromatic rings. The first-order chi connectivity index (χ1) is 8.39. The maximum absolute atomic E-state index is 11.9. The van der Waals surface area contributed by atoms with Crippen molar-refractivity contribution in [2.24, 2.45) is 16.8 Å². The van der Waals surface area contributed by atoms with E-state index in [9.17, 15) is 13.2 Å². The average Bonchev–Trinajstić information content (AvgIpc) is 2.32. The summed E-state index contributed by atoms with van der Waals surface area (Å²) in [6.45, 7) is 1.76. The van der Waals surface area contributed by atoms with E-state index in [0.29, 0.717) is 19.3 Å². The van der Waals surface area contributed by atoms with Crippen LogP contribution >= 0.6 is 0 Å². The maximum atomic E-state index is 11.9. The number of amides is 1. The molecule has 1 fully saturated rings. The topological polar surface area (TPSA) is 122 Å². The van der Waals surface area contributed by atoms with Gasteiger partial charge in [-0.15, -0.1) is 0 Å². The molecule has 0 aliphatic carbocycles. The molecular weight excluding hydrogens is 258 g/mol. The van der Waals surface area contributed by atoms with Gasteiger partial charge in [0.1, 0.15) is 9.84 Å². The van der Waals surface area contributed by atoms with Gasteiger partial charge in [-0.3, -0.25) is 4.79 Å². The van der Waals surface area contributed by atoms with E-state index in [1.807, 2.05) is 0 Å². The lowest BCUT2D eigenvalue weighted by atomic mass is 10.0. The molecule has 0 spiro atoms. The van der Waals surface area contributed by atoms with Gasteiger partial charge >= 0.3 is 0 Å². The summed E-state index contributed by atoms with van der Waals surface area (Å²) in [5.41, 5.74) is 5.42. The Hall–Kier alpha value is -1.31. The molecule has 7 nitrogen and oxygen atoms in total. The van der Waals surface area contributed by atoms with Crippen molar-refractivity contribution < 1.29 is 18.4 Å². The third kappa shape index (κ3) is 3.86. The van der Waals surface area contributed by atoms with Crippen molar-refractivity contribution in [2.75, 3.05) is 11.5 Å². The van der Waals surface area contributed by atoms with Crippen LogP contribution in [0.15, 0.2) is 5.16 Å². The monoisotopic (exact) mass is 277 g/mol. The number of oxime groups is 1. The third-order valence-corrected chi connectivity index (χ3v) is 4.81. The van der Waals surface area contributed by atoms with Gasteiger partial charge in [0.05, 0.1) is 17.4 Å². The van der Waals surface area contributed by atoms with Crippen LogP contribution in [0.2, 0.25) is 0 Å². The second-order valence-corrected chi connectivity index (χ2v) is 6.72. The minimum atomic E-state index is -2.94. The van der Waals surface area contributed by atoms with Gasteiger partial charge < -0.3 is 16.3 Å². The maximum Gasteiger partial charge on any atom is 0.231 e. The molecule has 1 heterocycles. The summed E-state index contributed by atoms with van der Waals surface area (Å²) >= 11 is 0. The minimum Gasteiger partial charge on any atom is -0.409 e. The highest BCUT2D eigenvalue weighted by Gasteiger charge is 2.28. The summed E-state index contributed by atoms with van der Waals surface area (Å²) in [6, 6.07) is -0.151. The molecule has 1 unspecified atom stereocenters. The fourth-order valence-electron chi connectivity index (χ4n) is 1.93. The average molecular weight is 277 g/mol. The highest BCUT2D eigenvalue weighted by molar-refractivity contribution is 7.91. The first kappa shape index (κ1) is 14.7. The molecule has 8 heteroatoms. The van der Waals surface area contributed by atoms with Crippen molar-refractivity contribution in [1.29, 1.82) is 0 Å². The number of sulfone groups is 1. The molecule has 1 aliphatic heterocycles. The first-order valence-electron chi connectivity index (χ1n) is 5.87. The number of hydrogen-bond acceptors (Lipinski definition) is 5. The lowest BCUT2D eigenvalue weighted by molar-refractivity contribution is -0.123. The van der Waals surface area contributed by atoms with Gasteiger partial charge in [0.2, 0.25) is 5.91 Å². The molecule has 1 amide bonds. The normalized spacial score (nSPS) is 22.4. The summed E-state index contributed by atoms with van der Waals surface area (Å²) < 4.78 is 22.5. The van der Waals surface area contributed by atoms with Gasteiger partial charge in [-0.25, -0.2) is 8.42 Å². The Balaban J connectivity index is 2.55. The first-order valence-corrected chi connectivity index (χ1v) is 7.70. The van der Waals surface area contributed by atoms with Crippen LogP contribution < -0.4 is 11.1 Å². The molecule has 104 valence electrons. The molecule has 1 saturated heterocycles. The summed E-state index contributed by atoms with van der Waals surface area (Å²) in [5, 5.41) is 14.1. The number of nitrogens with two attached hydrogens (primary N) is 1. The zero-order chi connectivity index (χ0) is 13.8. The molecule has 0 aromatic carbocycles. The van der Waals surface area contributed by atoms with Crippen molar-refractivity contribution in [1.82, 2.24) is 5.32 Å². The summed E-state index contributed by atoms with van der Waals surface area (Å²) in [4.78, 5) is 11.9. The second kappa shape index (κ2) is 6.03. The predicted molar refractivity (Wildman–Crippen MR) is 67.0 cm³/mol. The van der Waals surface area contributed by atoms with E-state index in [1.54, 1.807) is 6.92 Å². The highest BCUT2D eigenvalue weighted by Crippen LogP contribution is 2.13. The van der Waals surface area contributed by atoms with Crippen LogP contribution in [0.25, 0.3) is 0 Å². The van der Waals surface area contributed by atoms with Crippen LogP contribution in [-0.4, -0.2) is 42.9 Å². The Morgan fingerprint density at radius 2 is 2.06 bits per heavy atom. The fraction of sp³-hybridized carbons (Fsp3) is 0.800. The fourth-order valence-corrected chi connectivity index (χ4v) is 3.43. The number of carbonyl (C=O) groups is 1. The smallest absolute Gasteiger partial charge is 0.231 e. The van der Waals surface area contributed by atoms with Crippen LogP contribution in [0, 0.1) is 5.92 Å². The number of hydrogen-bond donors (Lipinski definition) is 3. The van der Waals surface area contributed by atoms with Crippen LogP contribution in [0.5, 0.6) is 0 Å². The van der Waals surface area contributed by atoms with Gasteiger partial charge in [-0.2, -0.15) is 0 Å². The van der Waals surface area contributed by atoms with E-state index >= 15 is 0 Å². The molecule has 0 saturated carbocycles. The standard InChI is InChI=1S/C10H19N3O4S/c1-2-8(9(11)13-15)10(14)12-7-3-5-18(16,17)6-4-7/h7-8,15H,2-6H2,1H3,(H2,11,13)(H,12,14). The second-order valence-electron chi connectivity index (χ2n) is 4.42. The minimum absolute atomic E-state index is 0.0955. The molecular formula is C10H19N3O4S. The number of rotatable bonds is 4. The number of nitrogens with zero attached hydrogens (tertiary/aromatic N) is 1. The van der Waals surface area contributed by atoms with Crippen molar-refractivity contribution in [2.45, 2.75) is 32.2 Å². The van der Waals surface area contributed by atoms with Crippen LogP contribution in [-0.2, 0) is 14.6 Å². The summed E-state index contributed by atoms with van der Waals surface area (Å²) in [7, 11) is -2.94. The summed E-state index contributed by atoms with van der Waals surface area (Å²) in [5.74, 6) is -0.930. The zero-order valence-corrected chi connectivity index (χ0v) is 11.1. The van der Waals surface area contributed by atoms with Gasteiger partial charge in [0.15, 0.2) is 5.84 Å². The van der Waals surface area contributed by atoms with Gasteiger partial charge in [0, 0.05) is 6.04 Å². The van der Waals surface area contributed by atoms with E-state index in [0.717, 1.165) is 0 Å². The molecule has 18 heavy (non-hydrogen) atoms. The van der Waals surface area contributed by atoms with Gasteiger partial charge in [0.25, 0.3) is 0 Å². The van der Waals surface area contributed by atoms with Crippen molar-refractivity contribution in [3.8, 4) is 0 Å². The van der Waals surface area contributed by atoms with Crippen molar-refractivity contribution in [3.63, 3.8) is 0 Å². The Kier molecular flexibility index (Phi) is 4.94. The van der Waals surface area contributed by atoms with Gasteiger partial charge in [-0.05, 0) is 19.3 Å². The molecule has 0 radical (unpaired) electrons. The van der Waals surface area contributed by atoms with E-state index in [-0.39, 0.29) is 29.3 Å². The molecule has 1 atom stereocenters. The number of amidine groups is 1. The van der Waals surface area contributed by atoms with E-state index in [1.165, 1.54) is 0 Å². The van der Waals surface area contributed by atoms with E-state index in [2.05, 4.69) is 10.5 Å². The Bertz CT molecular complexity index is 418. The Morgan fingerprint density at radius 3 is 2.50 bits per heavy atom. The largest absolute Gasteiger partial charge is 0.409 e. The van der Waals surface area contributed by atoms with Crippen molar-refractivity contribution in [3.05, 3.63) is 0 Å². The lowest BCUT2D eigenvalue weighted by Gasteiger charge is -2.24. The van der Waals surface area contributed by atoms with Crippen LogP contribution in [0.4, 0.5) is 0 Å². The van der Waals surface area contributed by atoms with Crippen LogP contribution in [0.1, 0.15) is 26.2 Å². The van der Waals surface area contributed by atoms with E-state index in [4.69, 9.17) is 10.9 Å². The predicted octanol–water partition coefficient (Wildman–Crippen LogP) is -0.548. The lowest BCUT2D eigenvalue weighted by Crippen LogP contribution is -2.46. The molecule has 4 N–H and O–H groups in total. The Morgan fingerprint density at radius 1 is 1.50 bits per heavy atom. The zero-order valence-electron chi connectivity index (χ0n) is 10.3. The van der Waals surface area contributed by atoms with Crippen molar-refractivity contribution >= 4 is 21.6 Å². The molecule has 0 aromatic heterocycles. The highest BCUT2D eigenvalue weighted by atomic mass is 32.2. The SMILES string of the molecule is CCC(C(=O)NC1CCS(=O)(=O)CC1)C(N)=NO. The molecule has 1 aliphatic rings. The van der Waals surface area contributed by atoms with Crippen LogP contribution in [0.3, 0.4) is 0 Å². The molecule has 0 bridgehead atoms. The number of nitrogens with one attached hydrogen (secondary N) is 1. The van der Waals surface area contributed by atoms with Gasteiger partial charge in [-0.1, -0.05) is 12.1 Å². The van der Waals surface area contributed by atoms with E-state index < -0.39 is 15.8 Å². The Labute approximate surface area is 106 Å². The number of carbonyl (C=O) groups excluding carboxylic acids is 1. The quantitative estimate of drug-likeness (QED) is 0.275. The molecule has 1 rings (SSSR count). The third-order valence-electron chi connectivity index (χ3n) is 3.10.